The predicted molar refractivity (Wildman–Crippen MR) is 139 cm³/mol. The van der Waals surface area contributed by atoms with E-state index in [1.807, 2.05) is 12.1 Å². The van der Waals surface area contributed by atoms with Crippen LogP contribution < -0.4 is 5.32 Å². The molecular weight excluding hydrogens is 402 g/mol. The largest absolute Gasteiger partial charge is 0.455 e. The summed E-state index contributed by atoms with van der Waals surface area (Å²) in [6.07, 6.45) is 0. The molecule has 2 heteroatoms. The molecule has 1 aromatic heterocycles. The van der Waals surface area contributed by atoms with Crippen molar-refractivity contribution in [3.63, 3.8) is 0 Å². The van der Waals surface area contributed by atoms with Gasteiger partial charge in [-0.15, -0.1) is 0 Å². The van der Waals surface area contributed by atoms with Crippen LogP contribution in [-0.4, -0.2) is 0 Å². The minimum absolute atomic E-state index is 0.0175. The van der Waals surface area contributed by atoms with Gasteiger partial charge in [-0.25, -0.2) is 0 Å². The SMILES string of the molecule is CC1(C)c2ccccc2-c2ccc(Nc3cc4c5ccccc5oc4c4ccccc34)cc21. The Morgan fingerprint density at radius 2 is 1.30 bits per heavy atom. The summed E-state index contributed by atoms with van der Waals surface area (Å²) < 4.78 is 6.27. The fourth-order valence-electron chi connectivity index (χ4n) is 5.59. The lowest BCUT2D eigenvalue weighted by molar-refractivity contribution is 0.660. The lowest BCUT2D eigenvalue weighted by atomic mass is 9.82. The smallest absolute Gasteiger partial charge is 0.143 e. The Bertz CT molecular complexity index is 1720. The van der Waals surface area contributed by atoms with Crippen molar-refractivity contribution in [1.82, 2.24) is 0 Å². The third-order valence-electron chi connectivity index (χ3n) is 7.25. The molecule has 33 heavy (non-hydrogen) atoms. The Hall–Kier alpha value is -4.04. The molecule has 1 aliphatic carbocycles. The van der Waals surface area contributed by atoms with E-state index in [9.17, 15) is 0 Å². The van der Waals surface area contributed by atoms with Gasteiger partial charge in [-0.1, -0.05) is 86.6 Å². The van der Waals surface area contributed by atoms with Crippen LogP contribution in [0.5, 0.6) is 0 Å². The Balaban J connectivity index is 1.41. The van der Waals surface area contributed by atoms with Crippen LogP contribution in [0.1, 0.15) is 25.0 Å². The maximum absolute atomic E-state index is 6.27. The molecule has 0 amide bonds. The molecule has 2 nitrogen and oxygen atoms in total. The van der Waals surface area contributed by atoms with E-state index in [0.29, 0.717) is 0 Å². The molecule has 6 aromatic rings. The normalized spacial score (nSPS) is 14.0. The molecule has 1 aliphatic rings. The number of nitrogens with one attached hydrogen (secondary N) is 1. The van der Waals surface area contributed by atoms with Crippen LogP contribution in [0.2, 0.25) is 0 Å². The van der Waals surface area contributed by atoms with E-state index in [4.69, 9.17) is 4.42 Å². The highest BCUT2D eigenvalue weighted by Crippen LogP contribution is 2.49. The van der Waals surface area contributed by atoms with E-state index in [-0.39, 0.29) is 5.41 Å². The van der Waals surface area contributed by atoms with Crippen molar-refractivity contribution in [2.24, 2.45) is 0 Å². The number of hydrogen-bond donors (Lipinski definition) is 1. The van der Waals surface area contributed by atoms with E-state index in [1.165, 1.54) is 22.3 Å². The van der Waals surface area contributed by atoms with Crippen LogP contribution in [-0.2, 0) is 5.41 Å². The van der Waals surface area contributed by atoms with Crippen molar-refractivity contribution in [3.8, 4) is 11.1 Å². The van der Waals surface area contributed by atoms with Gasteiger partial charge in [0.1, 0.15) is 11.2 Å². The first-order valence-corrected chi connectivity index (χ1v) is 11.5. The highest BCUT2D eigenvalue weighted by Gasteiger charge is 2.35. The molecule has 1 heterocycles. The van der Waals surface area contributed by atoms with Crippen LogP contribution in [0.4, 0.5) is 11.4 Å². The van der Waals surface area contributed by atoms with Crippen molar-refractivity contribution in [1.29, 1.82) is 0 Å². The van der Waals surface area contributed by atoms with E-state index >= 15 is 0 Å². The summed E-state index contributed by atoms with van der Waals surface area (Å²) in [4.78, 5) is 0. The van der Waals surface area contributed by atoms with Gasteiger partial charge >= 0.3 is 0 Å². The van der Waals surface area contributed by atoms with Crippen LogP contribution >= 0.6 is 0 Å². The standard InChI is InChI=1S/C31H23NO/c1-31(2)26-13-7-5-9-20(26)21-16-15-19(17-27(21)31)32-28-18-25-23-11-6-8-14-29(23)33-30(25)24-12-4-3-10-22(24)28/h3-18,32H,1-2H3. The number of hydrogen-bond acceptors (Lipinski definition) is 2. The van der Waals surface area contributed by atoms with Crippen LogP contribution in [0.3, 0.4) is 0 Å². The molecule has 7 rings (SSSR count). The highest BCUT2D eigenvalue weighted by atomic mass is 16.3. The summed E-state index contributed by atoms with van der Waals surface area (Å²) in [6, 6.07) is 34.5. The first-order chi connectivity index (χ1) is 16.1. The second-order valence-corrected chi connectivity index (χ2v) is 9.50. The average Bonchev–Trinajstić information content (AvgIpc) is 3.33. The lowest BCUT2D eigenvalue weighted by Crippen LogP contribution is -2.15. The van der Waals surface area contributed by atoms with Gasteiger partial charge in [-0.3, -0.25) is 0 Å². The van der Waals surface area contributed by atoms with Gasteiger partial charge in [-0.05, 0) is 46.5 Å². The van der Waals surface area contributed by atoms with Gasteiger partial charge in [0.05, 0.1) is 0 Å². The van der Waals surface area contributed by atoms with Crippen LogP contribution in [0.15, 0.2) is 101 Å². The fourth-order valence-corrected chi connectivity index (χ4v) is 5.59. The van der Waals surface area contributed by atoms with Crippen molar-refractivity contribution < 1.29 is 4.42 Å². The molecule has 1 N–H and O–H groups in total. The van der Waals surface area contributed by atoms with Gasteiger partial charge in [0, 0.05) is 38.3 Å². The maximum atomic E-state index is 6.27. The topological polar surface area (TPSA) is 25.2 Å². The Labute approximate surface area is 192 Å². The molecule has 0 radical (unpaired) electrons. The molecule has 158 valence electrons. The quantitative estimate of drug-likeness (QED) is 0.300. The van der Waals surface area contributed by atoms with Crippen molar-refractivity contribution in [2.45, 2.75) is 19.3 Å². The maximum Gasteiger partial charge on any atom is 0.143 e. The molecule has 0 atom stereocenters. The molecule has 0 spiro atoms. The first-order valence-electron chi connectivity index (χ1n) is 11.5. The summed E-state index contributed by atoms with van der Waals surface area (Å²) in [5, 5.41) is 8.32. The predicted octanol–water partition coefficient (Wildman–Crippen LogP) is 8.79. The molecule has 0 bridgehead atoms. The zero-order chi connectivity index (χ0) is 22.2. The van der Waals surface area contributed by atoms with Crippen molar-refractivity contribution in [3.05, 3.63) is 108 Å². The summed E-state index contributed by atoms with van der Waals surface area (Å²) in [5.41, 5.74) is 9.50. The summed E-state index contributed by atoms with van der Waals surface area (Å²) in [7, 11) is 0. The summed E-state index contributed by atoms with van der Waals surface area (Å²) in [5.74, 6) is 0. The van der Waals surface area contributed by atoms with E-state index in [0.717, 1.165) is 44.1 Å². The lowest BCUT2D eigenvalue weighted by Gasteiger charge is -2.22. The second-order valence-electron chi connectivity index (χ2n) is 9.50. The average molecular weight is 426 g/mol. The van der Waals surface area contributed by atoms with Crippen molar-refractivity contribution in [2.75, 3.05) is 5.32 Å². The summed E-state index contributed by atoms with van der Waals surface area (Å²) in [6.45, 7) is 4.64. The van der Waals surface area contributed by atoms with E-state index in [2.05, 4.69) is 104 Å². The van der Waals surface area contributed by atoms with Gasteiger partial charge in [-0.2, -0.15) is 0 Å². The van der Waals surface area contributed by atoms with Crippen LogP contribution in [0.25, 0.3) is 43.8 Å². The molecule has 0 saturated carbocycles. The Morgan fingerprint density at radius 1 is 0.606 bits per heavy atom. The first kappa shape index (κ1) is 18.5. The Morgan fingerprint density at radius 3 is 2.18 bits per heavy atom. The van der Waals surface area contributed by atoms with Gasteiger partial charge in [0.25, 0.3) is 0 Å². The molecule has 5 aromatic carbocycles. The number of anilines is 2. The number of rotatable bonds is 2. The number of benzene rings is 5. The molecule has 0 fully saturated rings. The van der Waals surface area contributed by atoms with Gasteiger partial charge < -0.3 is 9.73 Å². The van der Waals surface area contributed by atoms with E-state index in [1.54, 1.807) is 0 Å². The number of fused-ring (bicyclic) bond motifs is 8. The number of furan rings is 1. The third-order valence-corrected chi connectivity index (χ3v) is 7.25. The minimum Gasteiger partial charge on any atom is -0.455 e. The minimum atomic E-state index is -0.0175. The van der Waals surface area contributed by atoms with Gasteiger partial charge in [0.15, 0.2) is 0 Å². The van der Waals surface area contributed by atoms with Crippen LogP contribution in [0, 0.1) is 0 Å². The summed E-state index contributed by atoms with van der Waals surface area (Å²) >= 11 is 0. The number of para-hydroxylation sites is 1. The monoisotopic (exact) mass is 425 g/mol. The van der Waals surface area contributed by atoms with E-state index < -0.39 is 0 Å². The fraction of sp³-hybridized carbons (Fsp3) is 0.0968. The Kier molecular flexibility index (Phi) is 3.64. The molecule has 0 aliphatic heterocycles. The zero-order valence-corrected chi connectivity index (χ0v) is 18.6. The third kappa shape index (κ3) is 2.55. The van der Waals surface area contributed by atoms with Crippen molar-refractivity contribution >= 4 is 44.1 Å². The molecule has 0 unspecified atom stereocenters. The zero-order valence-electron chi connectivity index (χ0n) is 18.6. The molecular formula is C31H23NO. The second kappa shape index (κ2) is 6.49. The highest BCUT2D eigenvalue weighted by molar-refractivity contribution is 6.18. The van der Waals surface area contributed by atoms with Gasteiger partial charge in [0.2, 0.25) is 0 Å². The molecule has 0 saturated heterocycles.